The molecule has 1 N–H and O–H groups in total. The van der Waals surface area contributed by atoms with Gasteiger partial charge >= 0.3 is 0 Å². The first kappa shape index (κ1) is 11.6. The molecule has 1 aromatic carbocycles. The summed E-state index contributed by atoms with van der Waals surface area (Å²) in [5, 5.41) is 3.61. The van der Waals surface area contributed by atoms with Crippen molar-refractivity contribution in [1.29, 1.82) is 0 Å². The lowest BCUT2D eigenvalue weighted by molar-refractivity contribution is 0.146. The standard InChI is InChI=1S/C14H21NO/c1-2-16-11-10-15-14(13-8-9-13)12-6-4-3-5-7-12/h3-7,13-15H,2,8-11H2,1H3. The van der Waals surface area contributed by atoms with Crippen LogP contribution < -0.4 is 5.32 Å². The summed E-state index contributed by atoms with van der Waals surface area (Å²) in [4.78, 5) is 0. The van der Waals surface area contributed by atoms with Crippen molar-refractivity contribution in [3.8, 4) is 0 Å². The van der Waals surface area contributed by atoms with Gasteiger partial charge in [-0.05, 0) is 31.2 Å². The van der Waals surface area contributed by atoms with Crippen molar-refractivity contribution in [2.75, 3.05) is 19.8 Å². The van der Waals surface area contributed by atoms with Crippen LogP contribution in [0.15, 0.2) is 30.3 Å². The van der Waals surface area contributed by atoms with E-state index in [-0.39, 0.29) is 0 Å². The number of hydrogen-bond donors (Lipinski definition) is 1. The van der Waals surface area contributed by atoms with Gasteiger partial charge in [-0.2, -0.15) is 0 Å². The number of ether oxygens (including phenoxy) is 1. The third kappa shape index (κ3) is 3.32. The molecule has 1 aliphatic rings. The van der Waals surface area contributed by atoms with Crippen LogP contribution in [-0.2, 0) is 4.74 Å². The molecule has 1 atom stereocenters. The van der Waals surface area contributed by atoms with Crippen LogP contribution in [0.1, 0.15) is 31.4 Å². The summed E-state index contributed by atoms with van der Waals surface area (Å²) in [6, 6.07) is 11.3. The second-order valence-electron chi connectivity index (χ2n) is 4.38. The Balaban J connectivity index is 1.86. The molecule has 0 heterocycles. The molecule has 0 aromatic heterocycles. The first-order valence-corrected chi connectivity index (χ1v) is 6.28. The maximum atomic E-state index is 5.36. The average molecular weight is 219 g/mol. The molecule has 2 heteroatoms. The highest BCUT2D eigenvalue weighted by Crippen LogP contribution is 2.40. The minimum Gasteiger partial charge on any atom is -0.380 e. The van der Waals surface area contributed by atoms with E-state index in [2.05, 4.69) is 35.6 Å². The third-order valence-electron chi connectivity index (χ3n) is 3.07. The van der Waals surface area contributed by atoms with Crippen LogP contribution in [0.2, 0.25) is 0 Å². The maximum absolute atomic E-state index is 5.36. The monoisotopic (exact) mass is 219 g/mol. The Bertz CT molecular complexity index is 295. The van der Waals surface area contributed by atoms with E-state index in [1.54, 1.807) is 0 Å². The molecule has 0 radical (unpaired) electrons. The first-order valence-electron chi connectivity index (χ1n) is 6.28. The van der Waals surface area contributed by atoms with Gasteiger partial charge < -0.3 is 10.1 Å². The normalized spacial score (nSPS) is 17.3. The van der Waals surface area contributed by atoms with Gasteiger partial charge in [-0.1, -0.05) is 30.3 Å². The summed E-state index contributed by atoms with van der Waals surface area (Å²) in [5.74, 6) is 0.837. The van der Waals surface area contributed by atoms with Gasteiger partial charge in [0.15, 0.2) is 0 Å². The van der Waals surface area contributed by atoms with Crippen LogP contribution in [0.4, 0.5) is 0 Å². The number of benzene rings is 1. The molecule has 1 unspecified atom stereocenters. The molecule has 0 bridgehead atoms. The van der Waals surface area contributed by atoms with Crippen LogP contribution in [0.3, 0.4) is 0 Å². The minimum atomic E-state index is 0.529. The molecular weight excluding hydrogens is 198 g/mol. The van der Waals surface area contributed by atoms with Crippen LogP contribution in [0.5, 0.6) is 0 Å². The zero-order valence-corrected chi connectivity index (χ0v) is 9.99. The Labute approximate surface area is 98.0 Å². The molecule has 2 nitrogen and oxygen atoms in total. The first-order chi connectivity index (χ1) is 7.92. The minimum absolute atomic E-state index is 0.529. The summed E-state index contributed by atoms with van der Waals surface area (Å²) < 4.78 is 5.36. The van der Waals surface area contributed by atoms with Crippen molar-refractivity contribution in [3.05, 3.63) is 35.9 Å². The Hall–Kier alpha value is -0.860. The van der Waals surface area contributed by atoms with Crippen LogP contribution in [0, 0.1) is 5.92 Å². The van der Waals surface area contributed by atoms with Crippen molar-refractivity contribution in [3.63, 3.8) is 0 Å². The smallest absolute Gasteiger partial charge is 0.0590 e. The second kappa shape index (κ2) is 6.02. The zero-order valence-electron chi connectivity index (χ0n) is 9.99. The highest BCUT2D eigenvalue weighted by molar-refractivity contribution is 5.21. The average Bonchev–Trinajstić information content (AvgIpc) is 3.15. The van der Waals surface area contributed by atoms with Gasteiger partial charge in [0.2, 0.25) is 0 Å². The Kier molecular flexibility index (Phi) is 4.37. The molecule has 0 spiro atoms. The van der Waals surface area contributed by atoms with Crippen LogP contribution in [0.25, 0.3) is 0 Å². The lowest BCUT2D eigenvalue weighted by Crippen LogP contribution is -2.26. The van der Waals surface area contributed by atoms with Gasteiger partial charge in [-0.3, -0.25) is 0 Å². The predicted molar refractivity (Wildman–Crippen MR) is 66.4 cm³/mol. The van der Waals surface area contributed by atoms with Gasteiger partial charge in [-0.15, -0.1) is 0 Å². The van der Waals surface area contributed by atoms with Crippen molar-refractivity contribution < 1.29 is 4.74 Å². The number of hydrogen-bond acceptors (Lipinski definition) is 2. The SMILES string of the molecule is CCOCCNC(c1ccccc1)C1CC1. The molecule has 88 valence electrons. The maximum Gasteiger partial charge on any atom is 0.0590 e. The topological polar surface area (TPSA) is 21.3 Å². The number of rotatable bonds is 7. The fourth-order valence-electron chi connectivity index (χ4n) is 2.08. The van der Waals surface area contributed by atoms with E-state index in [9.17, 15) is 0 Å². The van der Waals surface area contributed by atoms with Gasteiger partial charge in [0.25, 0.3) is 0 Å². The van der Waals surface area contributed by atoms with Crippen molar-refractivity contribution in [2.45, 2.75) is 25.8 Å². The Morgan fingerprint density at radius 3 is 2.69 bits per heavy atom. The fourth-order valence-corrected chi connectivity index (χ4v) is 2.08. The van der Waals surface area contributed by atoms with Gasteiger partial charge in [0.05, 0.1) is 6.61 Å². The third-order valence-corrected chi connectivity index (χ3v) is 3.07. The molecule has 0 saturated heterocycles. The van der Waals surface area contributed by atoms with E-state index < -0.39 is 0 Å². The molecular formula is C14H21NO. The van der Waals surface area contributed by atoms with Gasteiger partial charge in [0, 0.05) is 19.2 Å². The zero-order chi connectivity index (χ0) is 11.2. The van der Waals surface area contributed by atoms with Crippen molar-refractivity contribution >= 4 is 0 Å². The molecule has 1 fully saturated rings. The molecule has 1 saturated carbocycles. The van der Waals surface area contributed by atoms with Gasteiger partial charge in [-0.25, -0.2) is 0 Å². The second-order valence-corrected chi connectivity index (χ2v) is 4.38. The summed E-state index contributed by atoms with van der Waals surface area (Å²) in [6.07, 6.45) is 2.72. The fraction of sp³-hybridized carbons (Fsp3) is 0.571. The van der Waals surface area contributed by atoms with Gasteiger partial charge in [0.1, 0.15) is 0 Å². The summed E-state index contributed by atoms with van der Waals surface area (Å²) >= 11 is 0. The van der Waals surface area contributed by atoms with Crippen molar-refractivity contribution in [1.82, 2.24) is 5.32 Å². The quantitative estimate of drug-likeness (QED) is 0.712. The summed E-state index contributed by atoms with van der Waals surface area (Å²) in [5.41, 5.74) is 1.42. The Morgan fingerprint density at radius 1 is 1.31 bits per heavy atom. The van der Waals surface area contributed by atoms with Crippen molar-refractivity contribution in [2.24, 2.45) is 5.92 Å². The summed E-state index contributed by atoms with van der Waals surface area (Å²) in [7, 11) is 0. The van der Waals surface area contributed by atoms with Crippen LogP contribution in [-0.4, -0.2) is 19.8 Å². The van der Waals surface area contributed by atoms with E-state index in [0.29, 0.717) is 6.04 Å². The van der Waals surface area contributed by atoms with E-state index >= 15 is 0 Å². The highest BCUT2D eigenvalue weighted by Gasteiger charge is 2.31. The molecule has 1 aliphatic carbocycles. The van der Waals surface area contributed by atoms with E-state index in [1.165, 1.54) is 18.4 Å². The van der Waals surface area contributed by atoms with E-state index in [4.69, 9.17) is 4.74 Å². The largest absolute Gasteiger partial charge is 0.380 e. The molecule has 2 rings (SSSR count). The lowest BCUT2D eigenvalue weighted by Gasteiger charge is -2.18. The molecule has 1 aromatic rings. The predicted octanol–water partition coefficient (Wildman–Crippen LogP) is 2.76. The number of nitrogens with one attached hydrogen (secondary N) is 1. The summed E-state index contributed by atoms with van der Waals surface area (Å²) in [6.45, 7) is 4.60. The highest BCUT2D eigenvalue weighted by atomic mass is 16.5. The Morgan fingerprint density at radius 2 is 2.06 bits per heavy atom. The molecule has 0 aliphatic heterocycles. The lowest BCUT2D eigenvalue weighted by atomic mass is 10.0. The van der Waals surface area contributed by atoms with E-state index in [1.807, 2.05) is 6.92 Å². The molecule has 0 amide bonds. The molecule has 16 heavy (non-hydrogen) atoms. The van der Waals surface area contributed by atoms with Crippen LogP contribution >= 0.6 is 0 Å². The van der Waals surface area contributed by atoms with E-state index in [0.717, 1.165) is 25.7 Å².